The average Bonchev–Trinajstić information content (AvgIpc) is 3.47. The fourth-order valence-corrected chi connectivity index (χ4v) is 6.06. The predicted octanol–water partition coefficient (Wildman–Crippen LogP) is 8.08. The number of hydrogen-bond acceptors (Lipinski definition) is 5. The molecule has 0 saturated carbocycles. The van der Waals surface area contributed by atoms with Crippen LogP contribution in [0.2, 0.25) is 0 Å². The SMILES string of the molecule is CN1[CH-]N(c2[c-]c(Sc3[c-]c4c(cc3)c3ccccc3n4C3=CC=CC[N-]3)cc(C(C)(C)C)c2)c2nccnc21.[Pt+4]. The van der Waals surface area contributed by atoms with Crippen molar-refractivity contribution >= 4 is 56.7 Å². The third-order valence-electron chi connectivity index (χ3n) is 7.21. The van der Waals surface area contributed by atoms with Crippen molar-refractivity contribution in [1.29, 1.82) is 0 Å². The van der Waals surface area contributed by atoms with Crippen LogP contribution in [-0.4, -0.2) is 28.1 Å². The Morgan fingerprint density at radius 3 is 2.54 bits per heavy atom. The Kier molecular flexibility index (Phi) is 7.21. The second-order valence-electron chi connectivity index (χ2n) is 11.0. The number of allylic oxidation sites excluding steroid dienone is 2. The van der Waals surface area contributed by atoms with Crippen molar-refractivity contribution in [3.8, 4) is 0 Å². The Morgan fingerprint density at radius 2 is 1.76 bits per heavy atom. The third kappa shape index (κ3) is 4.96. The largest absolute Gasteiger partial charge is 4.00 e. The van der Waals surface area contributed by atoms with Crippen molar-refractivity contribution in [1.82, 2.24) is 14.5 Å². The van der Waals surface area contributed by atoms with Gasteiger partial charge in [-0.05, 0) is 24.5 Å². The number of fused-ring (bicyclic) bond motifs is 4. The summed E-state index contributed by atoms with van der Waals surface area (Å²) in [4.78, 5) is 15.3. The van der Waals surface area contributed by atoms with E-state index >= 15 is 0 Å². The topological polar surface area (TPSA) is 51.3 Å². The molecule has 7 rings (SSSR count). The van der Waals surface area contributed by atoms with Crippen molar-refractivity contribution in [2.24, 2.45) is 0 Å². The Morgan fingerprint density at radius 1 is 0.951 bits per heavy atom. The molecular formula is C33H28N6PtS. The summed E-state index contributed by atoms with van der Waals surface area (Å²) in [7, 11) is 1.99. The van der Waals surface area contributed by atoms with Crippen molar-refractivity contribution in [3.63, 3.8) is 0 Å². The van der Waals surface area contributed by atoms with Crippen molar-refractivity contribution in [2.75, 3.05) is 23.4 Å². The Bertz CT molecular complexity index is 1830. The van der Waals surface area contributed by atoms with E-state index in [2.05, 4.69) is 119 Å². The minimum atomic E-state index is -0.0431. The maximum atomic E-state index is 4.78. The molecule has 0 N–H and O–H groups in total. The molecule has 3 aromatic carbocycles. The standard InChI is InChI=1S/C33H28N6S.Pt/c1-33(2,3)22-17-23(38-21-37(4)31-32(38)36-16-15-35-31)19-25(18-22)40-24-12-13-27-26-9-5-6-10-28(26)39(29(27)20-24)30-11-7-8-14-34-30;/h5-13,15-18,21H,14H2,1-4H3;/q-4;+4. The molecule has 0 unspecified atom stereocenters. The van der Waals surface area contributed by atoms with Crippen LogP contribution >= 0.6 is 11.8 Å². The number of para-hydroxylation sites is 1. The quantitative estimate of drug-likeness (QED) is 0.175. The minimum Gasteiger partial charge on any atom is -0.487 e. The molecule has 8 heteroatoms. The van der Waals surface area contributed by atoms with Crippen LogP contribution in [0.25, 0.3) is 32.9 Å². The summed E-state index contributed by atoms with van der Waals surface area (Å²) in [5.74, 6) is 2.57. The molecule has 41 heavy (non-hydrogen) atoms. The summed E-state index contributed by atoms with van der Waals surface area (Å²) in [5, 5.41) is 7.16. The van der Waals surface area contributed by atoms with Crippen LogP contribution in [0.3, 0.4) is 0 Å². The fraction of sp³-hybridized carbons (Fsp3) is 0.182. The van der Waals surface area contributed by atoms with E-state index in [9.17, 15) is 0 Å². The summed E-state index contributed by atoms with van der Waals surface area (Å²) in [6.07, 6.45) is 9.67. The zero-order valence-corrected chi connectivity index (χ0v) is 26.3. The second kappa shape index (κ2) is 10.7. The van der Waals surface area contributed by atoms with Gasteiger partial charge in [0.05, 0.1) is 0 Å². The van der Waals surface area contributed by atoms with Gasteiger partial charge in [0.25, 0.3) is 0 Å². The van der Waals surface area contributed by atoms with Crippen molar-refractivity contribution in [3.05, 3.63) is 109 Å². The Hall–Kier alpha value is -3.54. The molecule has 4 heterocycles. The van der Waals surface area contributed by atoms with E-state index in [-0.39, 0.29) is 26.5 Å². The van der Waals surface area contributed by atoms with Gasteiger partial charge in [0.1, 0.15) is 11.6 Å². The first kappa shape index (κ1) is 27.6. The Labute approximate surface area is 259 Å². The molecular weight excluding hydrogens is 708 g/mol. The zero-order chi connectivity index (χ0) is 27.4. The number of rotatable bonds is 4. The van der Waals surface area contributed by atoms with E-state index in [4.69, 9.17) is 5.32 Å². The van der Waals surface area contributed by atoms with E-state index in [1.807, 2.05) is 18.6 Å². The zero-order valence-electron chi connectivity index (χ0n) is 23.2. The van der Waals surface area contributed by atoms with E-state index in [1.165, 1.54) is 16.3 Å². The van der Waals surface area contributed by atoms with Gasteiger partial charge in [-0.15, -0.1) is 62.5 Å². The van der Waals surface area contributed by atoms with Gasteiger partial charge in [-0.1, -0.05) is 74.5 Å². The smallest absolute Gasteiger partial charge is 0.487 e. The summed E-state index contributed by atoms with van der Waals surface area (Å²) in [6.45, 7) is 9.41. The number of hydrogen-bond donors (Lipinski definition) is 0. The number of anilines is 3. The van der Waals surface area contributed by atoms with Gasteiger partial charge in [-0.2, -0.15) is 24.3 Å². The van der Waals surface area contributed by atoms with E-state index < -0.39 is 0 Å². The van der Waals surface area contributed by atoms with Gasteiger partial charge in [0.15, 0.2) is 0 Å². The van der Waals surface area contributed by atoms with Crippen LogP contribution < -0.4 is 9.80 Å². The predicted molar refractivity (Wildman–Crippen MR) is 165 cm³/mol. The molecule has 0 saturated heterocycles. The van der Waals surface area contributed by atoms with Crippen LogP contribution in [0, 0.1) is 18.8 Å². The minimum absolute atomic E-state index is 0. The van der Waals surface area contributed by atoms with E-state index in [1.54, 1.807) is 24.2 Å². The maximum Gasteiger partial charge on any atom is 4.00 e. The molecule has 0 spiro atoms. The summed E-state index contributed by atoms with van der Waals surface area (Å²) in [6, 6.07) is 24.7. The summed E-state index contributed by atoms with van der Waals surface area (Å²) in [5.41, 5.74) is 4.29. The normalized spacial score (nSPS) is 14.7. The van der Waals surface area contributed by atoms with Gasteiger partial charge < -0.3 is 19.7 Å². The van der Waals surface area contributed by atoms with Gasteiger partial charge in [0, 0.05) is 12.4 Å². The van der Waals surface area contributed by atoms with Gasteiger partial charge >= 0.3 is 21.1 Å². The Balaban J connectivity index is 0.00000302. The summed E-state index contributed by atoms with van der Waals surface area (Å²) >= 11 is 1.67. The van der Waals surface area contributed by atoms with Crippen LogP contribution in [0.4, 0.5) is 17.3 Å². The summed E-state index contributed by atoms with van der Waals surface area (Å²) < 4.78 is 2.23. The molecule has 0 fully saturated rings. The van der Waals surface area contributed by atoms with E-state index in [0.717, 1.165) is 44.0 Å². The fourth-order valence-electron chi connectivity index (χ4n) is 5.20. The van der Waals surface area contributed by atoms with E-state index in [0.29, 0.717) is 6.54 Å². The average molecular weight is 736 g/mol. The van der Waals surface area contributed by atoms with Gasteiger partial charge in [0.2, 0.25) is 0 Å². The maximum absolute atomic E-state index is 4.78. The molecule has 0 aliphatic carbocycles. The number of benzene rings is 3. The molecule has 6 nitrogen and oxygen atoms in total. The molecule has 2 aliphatic rings. The second-order valence-corrected chi connectivity index (χ2v) is 12.1. The van der Waals surface area contributed by atoms with Crippen LogP contribution in [0.5, 0.6) is 0 Å². The van der Waals surface area contributed by atoms with Crippen molar-refractivity contribution in [2.45, 2.75) is 36.0 Å². The molecule has 0 amide bonds. The molecule has 5 aromatic rings. The first-order chi connectivity index (χ1) is 19.4. The van der Waals surface area contributed by atoms with Gasteiger partial charge in [-0.3, -0.25) is 0 Å². The number of nitrogens with zero attached hydrogens (tertiary/aromatic N) is 6. The van der Waals surface area contributed by atoms with Crippen LogP contribution in [0.1, 0.15) is 26.3 Å². The molecule has 2 aliphatic heterocycles. The molecule has 0 atom stereocenters. The first-order valence-electron chi connectivity index (χ1n) is 13.3. The van der Waals surface area contributed by atoms with Gasteiger partial charge in [-0.25, -0.2) is 9.97 Å². The van der Waals surface area contributed by atoms with Crippen LogP contribution in [0.15, 0.2) is 88.9 Å². The molecule has 0 radical (unpaired) electrons. The molecule has 2 aromatic heterocycles. The molecule has 206 valence electrons. The number of aromatic nitrogens is 3. The molecule has 0 bridgehead atoms. The van der Waals surface area contributed by atoms with Crippen LogP contribution in [-0.2, 0) is 26.5 Å². The first-order valence-corrected chi connectivity index (χ1v) is 14.1. The third-order valence-corrected chi connectivity index (χ3v) is 8.11. The monoisotopic (exact) mass is 735 g/mol. The van der Waals surface area contributed by atoms with Crippen molar-refractivity contribution < 1.29 is 21.1 Å².